The largest absolute Gasteiger partial charge is 0.497 e. The van der Waals surface area contributed by atoms with E-state index in [4.69, 9.17) is 15.2 Å². The van der Waals surface area contributed by atoms with Crippen molar-refractivity contribution in [3.05, 3.63) is 48.5 Å². The summed E-state index contributed by atoms with van der Waals surface area (Å²) in [6.07, 6.45) is 0. The number of amides is 1. The minimum absolute atomic E-state index is 0.217. The molecule has 1 amide bonds. The number of methoxy groups -OCH3 is 1. The fourth-order valence-corrected chi connectivity index (χ4v) is 2.24. The standard InChI is InChI=1S/C17H16N4O3/c1-23-11-5-4-6-12(9-11)24-10-15(22)20-21-17-14-8-3-2-7-13(14)16(18)19-17/h2-9,19H,10,18H2,1H3. The minimum Gasteiger partial charge on any atom is -0.497 e. The van der Waals surface area contributed by atoms with Gasteiger partial charge in [-0.3, -0.25) is 4.79 Å². The quantitative estimate of drug-likeness (QED) is 0.702. The van der Waals surface area contributed by atoms with Crippen molar-refractivity contribution in [3.8, 4) is 11.5 Å². The van der Waals surface area contributed by atoms with E-state index >= 15 is 0 Å². The molecule has 1 aromatic heterocycles. The fraction of sp³-hybridized carbons (Fsp3) is 0.118. The molecule has 24 heavy (non-hydrogen) atoms. The highest BCUT2D eigenvalue weighted by molar-refractivity contribution is 5.99. The number of carbonyl (C=O) groups excluding carboxylic acids is 1. The van der Waals surface area contributed by atoms with Crippen LogP contribution in [0.5, 0.6) is 11.5 Å². The zero-order valence-electron chi connectivity index (χ0n) is 13.0. The molecule has 0 fully saturated rings. The number of nitrogens with two attached hydrogens (primary N) is 1. The lowest BCUT2D eigenvalue weighted by Crippen LogP contribution is -2.07. The number of hydrogen-bond acceptors (Lipinski definition) is 5. The number of azo groups is 1. The maximum absolute atomic E-state index is 11.8. The van der Waals surface area contributed by atoms with Gasteiger partial charge in [0.1, 0.15) is 17.3 Å². The molecule has 3 rings (SSSR count). The molecule has 1 heterocycles. The Kier molecular flexibility index (Phi) is 4.42. The van der Waals surface area contributed by atoms with Crippen LogP contribution in [0.2, 0.25) is 0 Å². The highest BCUT2D eigenvalue weighted by Crippen LogP contribution is 2.30. The Labute approximate surface area is 138 Å². The van der Waals surface area contributed by atoms with E-state index in [0.717, 1.165) is 10.8 Å². The number of aromatic nitrogens is 1. The third-order valence-electron chi connectivity index (χ3n) is 3.39. The zero-order valence-corrected chi connectivity index (χ0v) is 13.0. The van der Waals surface area contributed by atoms with Gasteiger partial charge in [-0.05, 0) is 12.1 Å². The first kappa shape index (κ1) is 15.5. The van der Waals surface area contributed by atoms with E-state index in [2.05, 4.69) is 15.2 Å². The molecule has 0 atom stereocenters. The van der Waals surface area contributed by atoms with Crippen LogP contribution in [0.3, 0.4) is 0 Å². The zero-order chi connectivity index (χ0) is 16.9. The van der Waals surface area contributed by atoms with Crippen molar-refractivity contribution in [1.82, 2.24) is 4.98 Å². The van der Waals surface area contributed by atoms with Gasteiger partial charge in [0.15, 0.2) is 12.4 Å². The Morgan fingerprint density at radius 3 is 2.67 bits per heavy atom. The van der Waals surface area contributed by atoms with E-state index < -0.39 is 5.91 Å². The van der Waals surface area contributed by atoms with Gasteiger partial charge in [0, 0.05) is 16.8 Å². The lowest BCUT2D eigenvalue weighted by Gasteiger charge is -2.04. The van der Waals surface area contributed by atoms with Crippen LogP contribution in [0.15, 0.2) is 58.8 Å². The van der Waals surface area contributed by atoms with Gasteiger partial charge in [0.2, 0.25) is 0 Å². The van der Waals surface area contributed by atoms with E-state index in [1.165, 1.54) is 0 Å². The second-order valence-electron chi connectivity index (χ2n) is 4.99. The highest BCUT2D eigenvalue weighted by atomic mass is 16.5. The molecule has 7 nitrogen and oxygen atoms in total. The van der Waals surface area contributed by atoms with Gasteiger partial charge in [-0.25, -0.2) is 0 Å². The summed E-state index contributed by atoms with van der Waals surface area (Å²) in [6, 6.07) is 14.4. The molecule has 0 bridgehead atoms. The summed E-state index contributed by atoms with van der Waals surface area (Å²) < 4.78 is 10.5. The van der Waals surface area contributed by atoms with Gasteiger partial charge in [-0.2, -0.15) is 0 Å². The number of hydrogen-bond donors (Lipinski definition) is 2. The summed E-state index contributed by atoms with van der Waals surface area (Å²) in [7, 11) is 1.56. The number of fused-ring (bicyclic) bond motifs is 1. The van der Waals surface area contributed by atoms with E-state index in [1.54, 1.807) is 31.4 Å². The first-order valence-corrected chi connectivity index (χ1v) is 7.25. The summed E-state index contributed by atoms with van der Waals surface area (Å²) in [5.41, 5.74) is 5.87. The van der Waals surface area contributed by atoms with Crippen LogP contribution in [0.1, 0.15) is 0 Å². The Hall–Kier alpha value is -3.35. The third-order valence-corrected chi connectivity index (χ3v) is 3.39. The molecule has 0 radical (unpaired) electrons. The van der Waals surface area contributed by atoms with Crippen LogP contribution in [0, 0.1) is 0 Å². The van der Waals surface area contributed by atoms with Crippen LogP contribution in [0.25, 0.3) is 10.8 Å². The average molecular weight is 324 g/mol. The summed E-state index contributed by atoms with van der Waals surface area (Å²) in [5, 5.41) is 9.24. The summed E-state index contributed by atoms with van der Waals surface area (Å²) >= 11 is 0. The Morgan fingerprint density at radius 2 is 1.88 bits per heavy atom. The summed E-state index contributed by atoms with van der Waals surface area (Å²) in [5.74, 6) is 1.59. The molecule has 0 aliphatic carbocycles. The van der Waals surface area contributed by atoms with Crippen LogP contribution in [0.4, 0.5) is 11.6 Å². The molecule has 0 spiro atoms. The molecule has 3 aromatic rings. The first-order valence-electron chi connectivity index (χ1n) is 7.25. The number of carbonyl (C=O) groups is 1. The van der Waals surface area contributed by atoms with Gasteiger partial charge >= 0.3 is 5.91 Å². The van der Waals surface area contributed by atoms with Crippen molar-refractivity contribution in [1.29, 1.82) is 0 Å². The summed E-state index contributed by atoms with van der Waals surface area (Å²) in [6.45, 7) is -0.217. The summed E-state index contributed by atoms with van der Waals surface area (Å²) in [4.78, 5) is 14.7. The van der Waals surface area contributed by atoms with Crippen molar-refractivity contribution in [2.24, 2.45) is 10.2 Å². The van der Waals surface area contributed by atoms with Crippen molar-refractivity contribution < 1.29 is 14.3 Å². The van der Waals surface area contributed by atoms with Crippen molar-refractivity contribution >= 4 is 28.3 Å². The maximum atomic E-state index is 11.8. The number of anilines is 1. The van der Waals surface area contributed by atoms with Gasteiger partial charge < -0.3 is 20.2 Å². The van der Waals surface area contributed by atoms with Crippen LogP contribution in [-0.4, -0.2) is 24.6 Å². The molecule has 0 saturated carbocycles. The monoisotopic (exact) mass is 324 g/mol. The Bertz CT molecular complexity index is 902. The van der Waals surface area contributed by atoms with Crippen molar-refractivity contribution in [3.63, 3.8) is 0 Å². The van der Waals surface area contributed by atoms with E-state index in [1.807, 2.05) is 24.3 Å². The van der Waals surface area contributed by atoms with E-state index in [9.17, 15) is 4.79 Å². The number of nitrogen functional groups attached to an aromatic ring is 1. The van der Waals surface area contributed by atoms with Gasteiger partial charge in [0.05, 0.1) is 7.11 Å². The second kappa shape index (κ2) is 6.82. The molecule has 0 aliphatic rings. The number of nitrogens with one attached hydrogen (secondary N) is 1. The Balaban J connectivity index is 1.66. The Morgan fingerprint density at radius 1 is 1.12 bits per heavy atom. The van der Waals surface area contributed by atoms with Gasteiger partial charge in [-0.1, -0.05) is 30.3 Å². The lowest BCUT2D eigenvalue weighted by atomic mass is 10.2. The van der Waals surface area contributed by atoms with E-state index in [-0.39, 0.29) is 6.61 Å². The number of nitrogens with zero attached hydrogens (tertiary/aromatic N) is 2. The predicted octanol–water partition coefficient (Wildman–Crippen LogP) is 3.45. The molecule has 122 valence electrons. The second-order valence-corrected chi connectivity index (χ2v) is 4.99. The van der Waals surface area contributed by atoms with Crippen LogP contribution < -0.4 is 15.2 Å². The van der Waals surface area contributed by atoms with Crippen molar-refractivity contribution in [2.75, 3.05) is 19.5 Å². The lowest BCUT2D eigenvalue weighted by molar-refractivity contribution is -0.120. The molecule has 0 unspecified atom stereocenters. The van der Waals surface area contributed by atoms with Crippen LogP contribution >= 0.6 is 0 Å². The van der Waals surface area contributed by atoms with Crippen molar-refractivity contribution in [2.45, 2.75) is 0 Å². The molecule has 7 heteroatoms. The molecule has 0 saturated heterocycles. The number of H-pyrrole nitrogens is 1. The molecular weight excluding hydrogens is 308 g/mol. The number of ether oxygens (including phenoxy) is 2. The molecule has 2 aromatic carbocycles. The fourth-order valence-electron chi connectivity index (χ4n) is 2.24. The number of benzene rings is 2. The molecular formula is C17H16N4O3. The number of aromatic amines is 1. The normalized spacial score (nSPS) is 11.0. The highest BCUT2D eigenvalue weighted by Gasteiger charge is 2.08. The van der Waals surface area contributed by atoms with Crippen LogP contribution in [-0.2, 0) is 4.79 Å². The average Bonchev–Trinajstić information content (AvgIpc) is 2.95. The van der Waals surface area contributed by atoms with Gasteiger partial charge in [0.25, 0.3) is 0 Å². The smallest absolute Gasteiger partial charge is 0.302 e. The van der Waals surface area contributed by atoms with Gasteiger partial charge in [-0.15, -0.1) is 10.2 Å². The third kappa shape index (κ3) is 3.35. The minimum atomic E-state index is -0.505. The first-order chi connectivity index (χ1) is 11.7. The number of rotatable bonds is 5. The SMILES string of the molecule is COc1cccc(OCC(=O)N=Nc2[nH]c(N)c3ccccc23)c1. The molecule has 3 N–H and O–H groups in total. The van der Waals surface area contributed by atoms with E-state index in [0.29, 0.717) is 23.1 Å². The predicted molar refractivity (Wildman–Crippen MR) is 90.7 cm³/mol. The maximum Gasteiger partial charge on any atom is 0.302 e. The topological polar surface area (TPSA) is 102 Å². The molecule has 0 aliphatic heterocycles.